The van der Waals surface area contributed by atoms with Gasteiger partial charge in [0.25, 0.3) is 0 Å². The minimum atomic E-state index is -3.54. The van der Waals surface area contributed by atoms with E-state index >= 15 is 0 Å². The van der Waals surface area contributed by atoms with Crippen LogP contribution in [-0.2, 0) is 19.3 Å². The van der Waals surface area contributed by atoms with E-state index in [1.54, 1.807) is 32.6 Å². The fraction of sp³-hybridized carbons (Fsp3) is 0.500. The molecule has 1 N–H and O–H groups in total. The van der Waals surface area contributed by atoms with Crippen LogP contribution in [0.25, 0.3) is 17.0 Å². The number of hydrogen-bond acceptors (Lipinski definition) is 10. The number of anilines is 2. The zero-order chi connectivity index (χ0) is 24.3. The first-order valence-corrected chi connectivity index (χ1v) is 12.9. The van der Waals surface area contributed by atoms with Crippen molar-refractivity contribution in [3.63, 3.8) is 0 Å². The third kappa shape index (κ3) is 3.43. The number of nitrogens with one attached hydrogen (secondary N) is 1. The predicted octanol–water partition coefficient (Wildman–Crippen LogP) is 1.74. The van der Waals surface area contributed by atoms with Crippen LogP contribution in [0.2, 0.25) is 0 Å². The maximum atomic E-state index is 12.8. The first kappa shape index (κ1) is 22.7. The van der Waals surface area contributed by atoms with Gasteiger partial charge in [-0.05, 0) is 26.0 Å². The van der Waals surface area contributed by atoms with Crippen molar-refractivity contribution in [2.24, 2.45) is 0 Å². The van der Waals surface area contributed by atoms with Gasteiger partial charge in [-0.3, -0.25) is 0 Å². The molecule has 11 nitrogen and oxygen atoms in total. The Kier molecular flexibility index (Phi) is 5.32. The third-order valence-electron chi connectivity index (χ3n) is 6.54. The minimum absolute atomic E-state index is 0.00856. The van der Waals surface area contributed by atoms with Gasteiger partial charge < -0.3 is 24.4 Å². The van der Waals surface area contributed by atoms with E-state index < -0.39 is 14.6 Å². The summed E-state index contributed by atoms with van der Waals surface area (Å²) in [7, 11) is -0.183. The molecule has 182 valence electrons. The second-order valence-corrected chi connectivity index (χ2v) is 11.5. The highest BCUT2D eigenvalue weighted by Crippen LogP contribution is 2.43. The molecule has 1 saturated heterocycles. The maximum absolute atomic E-state index is 12.8. The van der Waals surface area contributed by atoms with Crippen molar-refractivity contribution >= 4 is 32.6 Å². The van der Waals surface area contributed by atoms with Crippen LogP contribution in [0, 0.1) is 0 Å². The number of morpholine rings is 1. The molecule has 2 aliphatic heterocycles. The molecule has 0 aliphatic carbocycles. The van der Waals surface area contributed by atoms with Gasteiger partial charge in [0.05, 0.1) is 37.4 Å². The number of nitrogens with zero attached hydrogens (tertiary/aromatic N) is 5. The molecule has 3 aromatic rings. The number of imidazole rings is 1. The van der Waals surface area contributed by atoms with Gasteiger partial charge in [-0.2, -0.15) is 4.98 Å². The Labute approximate surface area is 198 Å². The SMILES string of the molecule is CNc1nc2cc(OC)ccc2n1-c1nc2c(c(C(C)(C)S(C)(=O)=O)n1)OC[C@@H]1COCCN21. The molecule has 4 heterocycles. The molecular weight excluding hydrogens is 460 g/mol. The number of rotatable bonds is 5. The molecule has 1 fully saturated rings. The van der Waals surface area contributed by atoms with Gasteiger partial charge in [0.15, 0.2) is 21.4 Å². The predicted molar refractivity (Wildman–Crippen MR) is 128 cm³/mol. The summed E-state index contributed by atoms with van der Waals surface area (Å²) < 4.78 is 43.2. The van der Waals surface area contributed by atoms with E-state index in [1.165, 1.54) is 6.26 Å². The van der Waals surface area contributed by atoms with Crippen molar-refractivity contribution in [1.82, 2.24) is 19.5 Å². The van der Waals surface area contributed by atoms with E-state index in [-0.39, 0.29) is 6.04 Å². The lowest BCUT2D eigenvalue weighted by Gasteiger charge is -2.41. The molecule has 5 rings (SSSR count). The summed E-state index contributed by atoms with van der Waals surface area (Å²) in [5, 5.41) is 3.09. The number of methoxy groups -OCH3 is 1. The molecule has 1 atom stereocenters. The van der Waals surface area contributed by atoms with Crippen molar-refractivity contribution < 1.29 is 22.6 Å². The molecule has 0 amide bonds. The van der Waals surface area contributed by atoms with Crippen LogP contribution >= 0.6 is 0 Å². The average Bonchev–Trinajstić information content (AvgIpc) is 3.20. The van der Waals surface area contributed by atoms with Gasteiger partial charge >= 0.3 is 0 Å². The van der Waals surface area contributed by atoms with E-state index in [4.69, 9.17) is 24.2 Å². The van der Waals surface area contributed by atoms with E-state index in [0.717, 1.165) is 5.52 Å². The number of benzene rings is 1. The van der Waals surface area contributed by atoms with E-state index in [0.29, 0.717) is 66.8 Å². The molecule has 0 radical (unpaired) electrons. The highest BCUT2D eigenvalue weighted by Gasteiger charge is 2.42. The van der Waals surface area contributed by atoms with Gasteiger partial charge in [-0.15, -0.1) is 0 Å². The van der Waals surface area contributed by atoms with Crippen LogP contribution in [0.3, 0.4) is 0 Å². The summed E-state index contributed by atoms with van der Waals surface area (Å²) in [4.78, 5) is 16.5. The van der Waals surface area contributed by atoms with E-state index in [9.17, 15) is 8.42 Å². The molecule has 0 saturated carbocycles. The topological polar surface area (TPSA) is 121 Å². The standard InChI is InChI=1S/C22H28N6O5S/c1-22(2,34(5,29)30)18-17-19(27-8-9-32-11-13(27)12-33-17)26-21(25-18)28-16-7-6-14(31-4)10-15(16)24-20(28)23-3/h6-7,10,13H,8-9,11-12H2,1-5H3,(H,23,24)/t13-/m0/s1. The monoisotopic (exact) mass is 488 g/mol. The van der Waals surface area contributed by atoms with Crippen LogP contribution < -0.4 is 19.7 Å². The second kappa shape index (κ2) is 7.98. The van der Waals surface area contributed by atoms with Gasteiger partial charge in [0.2, 0.25) is 11.9 Å². The smallest absolute Gasteiger partial charge is 0.239 e. The Balaban J connectivity index is 1.80. The van der Waals surface area contributed by atoms with Gasteiger partial charge in [0, 0.05) is 25.9 Å². The quantitative estimate of drug-likeness (QED) is 0.568. The van der Waals surface area contributed by atoms with Crippen molar-refractivity contribution in [2.75, 3.05) is 57.0 Å². The lowest BCUT2D eigenvalue weighted by atomic mass is 10.1. The molecule has 12 heteroatoms. The molecule has 2 aliphatic rings. The van der Waals surface area contributed by atoms with Gasteiger partial charge in [0.1, 0.15) is 22.8 Å². The summed E-state index contributed by atoms with van der Waals surface area (Å²) in [6, 6.07) is 5.53. The highest BCUT2D eigenvalue weighted by atomic mass is 32.2. The van der Waals surface area contributed by atoms with Gasteiger partial charge in [-0.1, -0.05) is 0 Å². The molecule has 0 bridgehead atoms. The van der Waals surface area contributed by atoms with Crippen LogP contribution in [0.4, 0.5) is 11.8 Å². The van der Waals surface area contributed by atoms with Crippen LogP contribution in [-0.4, -0.2) is 80.8 Å². The van der Waals surface area contributed by atoms with Crippen LogP contribution in [0.15, 0.2) is 18.2 Å². The van der Waals surface area contributed by atoms with Gasteiger partial charge in [-0.25, -0.2) is 23.0 Å². The Hall–Kier alpha value is -3.12. The van der Waals surface area contributed by atoms with Crippen molar-refractivity contribution in [1.29, 1.82) is 0 Å². The molecule has 2 aromatic heterocycles. The fourth-order valence-electron chi connectivity index (χ4n) is 4.25. The number of ether oxygens (including phenoxy) is 3. The first-order valence-electron chi connectivity index (χ1n) is 11.0. The van der Waals surface area contributed by atoms with Crippen molar-refractivity contribution in [3.05, 3.63) is 23.9 Å². The largest absolute Gasteiger partial charge is 0.497 e. The normalized spacial score (nSPS) is 18.3. The lowest BCUT2D eigenvalue weighted by molar-refractivity contribution is 0.0691. The molecule has 0 spiro atoms. The van der Waals surface area contributed by atoms with E-state index in [1.807, 2.05) is 18.2 Å². The summed E-state index contributed by atoms with van der Waals surface area (Å²) in [5.74, 6) is 2.46. The Morgan fingerprint density at radius 3 is 2.71 bits per heavy atom. The molecule has 1 aromatic carbocycles. The average molecular weight is 489 g/mol. The summed E-state index contributed by atoms with van der Waals surface area (Å²) in [5.41, 5.74) is 1.76. The summed E-state index contributed by atoms with van der Waals surface area (Å²) >= 11 is 0. The molecule has 0 unspecified atom stereocenters. The second-order valence-electron chi connectivity index (χ2n) is 8.92. The lowest BCUT2D eigenvalue weighted by Crippen LogP contribution is -2.52. The first-order chi connectivity index (χ1) is 16.2. The van der Waals surface area contributed by atoms with Crippen molar-refractivity contribution in [3.8, 4) is 17.4 Å². The minimum Gasteiger partial charge on any atom is -0.497 e. The zero-order valence-corrected chi connectivity index (χ0v) is 20.6. The fourth-order valence-corrected chi connectivity index (χ4v) is 4.74. The Bertz CT molecular complexity index is 1370. The maximum Gasteiger partial charge on any atom is 0.239 e. The van der Waals surface area contributed by atoms with Crippen molar-refractivity contribution in [2.45, 2.75) is 24.6 Å². The third-order valence-corrected chi connectivity index (χ3v) is 8.59. The number of hydrogen-bond donors (Lipinski definition) is 1. The highest BCUT2D eigenvalue weighted by molar-refractivity contribution is 7.91. The summed E-state index contributed by atoms with van der Waals surface area (Å²) in [6.07, 6.45) is 1.21. The zero-order valence-electron chi connectivity index (χ0n) is 19.8. The van der Waals surface area contributed by atoms with Crippen LogP contribution in [0.5, 0.6) is 11.5 Å². The van der Waals surface area contributed by atoms with Crippen LogP contribution in [0.1, 0.15) is 19.5 Å². The Morgan fingerprint density at radius 1 is 1.21 bits per heavy atom. The summed E-state index contributed by atoms with van der Waals surface area (Å²) in [6.45, 7) is 5.34. The molecular formula is C22H28N6O5S. The molecule has 34 heavy (non-hydrogen) atoms. The Morgan fingerprint density at radius 2 is 2.00 bits per heavy atom. The van der Waals surface area contributed by atoms with E-state index in [2.05, 4.69) is 15.2 Å². The number of aromatic nitrogens is 4. The number of sulfone groups is 1. The number of fused-ring (bicyclic) bond motifs is 4.